The van der Waals surface area contributed by atoms with Gasteiger partial charge in [0.2, 0.25) is 0 Å². The van der Waals surface area contributed by atoms with Crippen LogP contribution in [0.3, 0.4) is 0 Å². The largest absolute Gasteiger partial charge is 0.396 e. The Labute approximate surface area is 89.9 Å². The van der Waals surface area contributed by atoms with Crippen molar-refractivity contribution in [3.8, 4) is 0 Å². The molecule has 0 spiro atoms. The van der Waals surface area contributed by atoms with Gasteiger partial charge in [0.1, 0.15) is 0 Å². The average Bonchev–Trinajstić information content (AvgIpc) is 2.65. The predicted octanol–water partition coefficient (Wildman–Crippen LogP) is 0.752. The number of hydrogen-bond acceptors (Lipinski definition) is 3. The molecule has 1 atom stereocenters. The van der Waals surface area contributed by atoms with E-state index in [-0.39, 0.29) is 12.0 Å². The van der Waals surface area contributed by atoms with Gasteiger partial charge in [0.05, 0.1) is 18.9 Å². The summed E-state index contributed by atoms with van der Waals surface area (Å²) in [4.78, 5) is 0. The lowest BCUT2D eigenvalue weighted by Crippen LogP contribution is -2.37. The summed E-state index contributed by atoms with van der Waals surface area (Å²) in [5, 5.41) is 13.8. The molecule has 4 heteroatoms. The number of aryl methyl sites for hydroxylation is 1. The zero-order chi connectivity index (χ0) is 10.7. The first-order chi connectivity index (χ1) is 7.24. The molecule has 1 aliphatic heterocycles. The lowest BCUT2D eigenvalue weighted by molar-refractivity contribution is -0.0384. The molecule has 0 bridgehead atoms. The van der Waals surface area contributed by atoms with E-state index in [0.717, 1.165) is 31.6 Å². The molecule has 1 aromatic rings. The third-order valence-electron chi connectivity index (χ3n) is 3.06. The van der Waals surface area contributed by atoms with Gasteiger partial charge in [0.15, 0.2) is 0 Å². The van der Waals surface area contributed by atoms with E-state index in [1.165, 1.54) is 0 Å². The fourth-order valence-corrected chi connectivity index (χ4v) is 2.17. The Morgan fingerprint density at radius 3 is 3.07 bits per heavy atom. The van der Waals surface area contributed by atoms with Crippen molar-refractivity contribution in [2.75, 3.05) is 19.8 Å². The quantitative estimate of drug-likeness (QED) is 0.801. The molecule has 4 nitrogen and oxygen atoms in total. The van der Waals surface area contributed by atoms with Crippen molar-refractivity contribution in [3.63, 3.8) is 0 Å². The van der Waals surface area contributed by atoms with Gasteiger partial charge >= 0.3 is 0 Å². The van der Waals surface area contributed by atoms with E-state index in [9.17, 15) is 5.11 Å². The Balaban J connectivity index is 2.06. The number of nitrogens with zero attached hydrogens (tertiary/aromatic N) is 2. The molecule has 0 saturated carbocycles. The highest BCUT2D eigenvalue weighted by Crippen LogP contribution is 2.31. The normalized spacial score (nSPS) is 26.8. The number of ether oxygens (including phenoxy) is 1. The second kappa shape index (κ2) is 4.33. The number of rotatable bonds is 3. The molecular formula is C11H18N2O2. The summed E-state index contributed by atoms with van der Waals surface area (Å²) in [6.07, 6.45) is 4.81. The second-order valence-corrected chi connectivity index (χ2v) is 4.47. The van der Waals surface area contributed by atoms with Gasteiger partial charge in [-0.3, -0.25) is 4.68 Å². The highest BCUT2D eigenvalue weighted by atomic mass is 16.5. The molecule has 1 aliphatic rings. The molecule has 1 N–H and O–H groups in total. The highest BCUT2D eigenvalue weighted by molar-refractivity contribution is 5.03. The second-order valence-electron chi connectivity index (χ2n) is 4.47. The first kappa shape index (κ1) is 10.6. The molecule has 1 saturated heterocycles. The van der Waals surface area contributed by atoms with E-state index in [2.05, 4.69) is 5.10 Å². The Hall–Kier alpha value is -0.870. The molecule has 0 radical (unpaired) electrons. The molecule has 0 aromatic carbocycles. The van der Waals surface area contributed by atoms with E-state index in [0.29, 0.717) is 6.61 Å². The number of aliphatic hydroxyl groups excluding tert-OH is 1. The van der Waals surface area contributed by atoms with Crippen molar-refractivity contribution in [3.05, 3.63) is 18.0 Å². The molecule has 1 unspecified atom stereocenters. The van der Waals surface area contributed by atoms with Crippen LogP contribution in [0, 0.1) is 5.41 Å². The monoisotopic (exact) mass is 210 g/mol. The van der Waals surface area contributed by atoms with E-state index < -0.39 is 0 Å². The first-order valence-corrected chi connectivity index (χ1v) is 5.41. The Bertz CT molecular complexity index is 316. The van der Waals surface area contributed by atoms with Gasteiger partial charge in [-0.2, -0.15) is 5.10 Å². The summed E-state index contributed by atoms with van der Waals surface area (Å²) in [5.74, 6) is 0. The fourth-order valence-electron chi connectivity index (χ4n) is 2.17. The summed E-state index contributed by atoms with van der Waals surface area (Å²) >= 11 is 0. The molecular weight excluding hydrogens is 192 g/mol. The van der Waals surface area contributed by atoms with E-state index in [4.69, 9.17) is 4.74 Å². The topological polar surface area (TPSA) is 47.3 Å². The maximum Gasteiger partial charge on any atom is 0.0631 e. The van der Waals surface area contributed by atoms with Crippen LogP contribution >= 0.6 is 0 Å². The summed E-state index contributed by atoms with van der Waals surface area (Å²) in [5.41, 5.74) is 0.934. The third kappa shape index (κ3) is 2.38. The zero-order valence-corrected chi connectivity index (χ0v) is 9.15. The van der Waals surface area contributed by atoms with E-state index in [1.54, 1.807) is 4.68 Å². The van der Waals surface area contributed by atoms with Gasteiger partial charge in [-0.25, -0.2) is 0 Å². The van der Waals surface area contributed by atoms with Gasteiger partial charge in [0, 0.05) is 31.7 Å². The van der Waals surface area contributed by atoms with E-state index in [1.807, 2.05) is 19.3 Å². The van der Waals surface area contributed by atoms with Crippen LogP contribution in [-0.4, -0.2) is 34.7 Å². The van der Waals surface area contributed by atoms with Crippen LogP contribution in [0.4, 0.5) is 0 Å². The van der Waals surface area contributed by atoms with Crippen molar-refractivity contribution < 1.29 is 9.84 Å². The summed E-state index contributed by atoms with van der Waals surface area (Å²) in [7, 11) is 1.91. The standard InChI is InChI=1S/C11H18N2O2/c1-13-5-3-10(12-13)7-11(8-14)4-2-6-15-9-11/h3,5,14H,2,4,6-9H2,1H3. The molecule has 2 rings (SSSR count). The maximum atomic E-state index is 9.50. The highest BCUT2D eigenvalue weighted by Gasteiger charge is 2.33. The average molecular weight is 210 g/mol. The number of aliphatic hydroxyl groups is 1. The summed E-state index contributed by atoms with van der Waals surface area (Å²) < 4.78 is 7.26. The minimum absolute atomic E-state index is 0.105. The van der Waals surface area contributed by atoms with Crippen molar-refractivity contribution in [1.29, 1.82) is 0 Å². The Morgan fingerprint density at radius 2 is 2.53 bits per heavy atom. The van der Waals surface area contributed by atoms with Gasteiger partial charge in [-0.05, 0) is 18.9 Å². The van der Waals surface area contributed by atoms with Gasteiger partial charge in [-0.15, -0.1) is 0 Å². The third-order valence-corrected chi connectivity index (χ3v) is 3.06. The molecule has 84 valence electrons. The number of hydrogen-bond donors (Lipinski definition) is 1. The first-order valence-electron chi connectivity index (χ1n) is 5.41. The van der Waals surface area contributed by atoms with Crippen LogP contribution in [0.15, 0.2) is 12.3 Å². The lowest BCUT2D eigenvalue weighted by Gasteiger charge is -2.34. The minimum atomic E-state index is -0.105. The van der Waals surface area contributed by atoms with Crippen molar-refractivity contribution in [2.45, 2.75) is 19.3 Å². The van der Waals surface area contributed by atoms with E-state index >= 15 is 0 Å². The smallest absolute Gasteiger partial charge is 0.0631 e. The summed E-state index contributed by atoms with van der Waals surface area (Å²) in [6, 6.07) is 2.01. The molecule has 0 aliphatic carbocycles. The minimum Gasteiger partial charge on any atom is -0.396 e. The van der Waals surface area contributed by atoms with Gasteiger partial charge in [0.25, 0.3) is 0 Å². The maximum absolute atomic E-state index is 9.50. The van der Waals surface area contributed by atoms with Gasteiger partial charge < -0.3 is 9.84 Å². The van der Waals surface area contributed by atoms with Crippen LogP contribution < -0.4 is 0 Å². The van der Waals surface area contributed by atoms with Crippen LogP contribution in [-0.2, 0) is 18.2 Å². The van der Waals surface area contributed by atoms with Crippen molar-refractivity contribution in [1.82, 2.24) is 9.78 Å². The molecule has 2 heterocycles. The predicted molar refractivity (Wildman–Crippen MR) is 56.5 cm³/mol. The Kier molecular flexibility index (Phi) is 3.07. The summed E-state index contributed by atoms with van der Waals surface area (Å²) in [6.45, 7) is 1.66. The molecule has 0 amide bonds. The van der Waals surface area contributed by atoms with Crippen LogP contribution in [0.1, 0.15) is 18.5 Å². The van der Waals surface area contributed by atoms with Crippen molar-refractivity contribution in [2.24, 2.45) is 12.5 Å². The van der Waals surface area contributed by atoms with Gasteiger partial charge in [-0.1, -0.05) is 0 Å². The van der Waals surface area contributed by atoms with Crippen molar-refractivity contribution >= 4 is 0 Å². The van der Waals surface area contributed by atoms with Crippen LogP contribution in [0.5, 0.6) is 0 Å². The Morgan fingerprint density at radius 1 is 1.67 bits per heavy atom. The molecule has 1 aromatic heterocycles. The fraction of sp³-hybridized carbons (Fsp3) is 0.727. The SMILES string of the molecule is Cn1ccc(CC2(CO)CCCOC2)n1. The zero-order valence-electron chi connectivity index (χ0n) is 9.15. The number of aromatic nitrogens is 2. The van der Waals surface area contributed by atoms with Crippen LogP contribution in [0.25, 0.3) is 0 Å². The lowest BCUT2D eigenvalue weighted by atomic mass is 9.79. The van der Waals surface area contributed by atoms with Crippen LogP contribution in [0.2, 0.25) is 0 Å². The molecule has 1 fully saturated rings. The molecule has 15 heavy (non-hydrogen) atoms.